The predicted octanol–water partition coefficient (Wildman–Crippen LogP) is 2.80. The highest BCUT2D eigenvalue weighted by Crippen LogP contribution is 2.23. The molecule has 3 rings (SSSR count). The highest BCUT2D eigenvalue weighted by atomic mass is 19.1. The van der Waals surface area contributed by atoms with Crippen LogP contribution < -0.4 is 10.5 Å². The number of hydrogen-bond acceptors (Lipinski definition) is 4. The number of rotatable bonds is 7. The Morgan fingerprint density at radius 3 is 2.48 bits per heavy atom. The summed E-state index contributed by atoms with van der Waals surface area (Å²) in [5.41, 5.74) is 7.82. The fraction of sp³-hybridized carbons (Fsp3) is 0.286. The third kappa shape index (κ3) is 5.15. The molecule has 0 aromatic heterocycles. The first-order chi connectivity index (χ1) is 13.0. The van der Waals surface area contributed by atoms with Crippen LogP contribution in [0.4, 0.5) is 4.39 Å². The number of nitrogens with two attached hydrogens (primary N) is 1. The molecule has 0 radical (unpaired) electrons. The molecule has 0 saturated carbocycles. The number of halogens is 1. The van der Waals surface area contributed by atoms with Gasteiger partial charge < -0.3 is 15.6 Å². The minimum atomic E-state index is -0.596. The minimum absolute atomic E-state index is 0.239. The van der Waals surface area contributed by atoms with Gasteiger partial charge in [-0.2, -0.15) is 0 Å². The third-order valence-electron chi connectivity index (χ3n) is 4.66. The van der Waals surface area contributed by atoms with Crippen molar-refractivity contribution >= 4 is 11.5 Å². The molecule has 0 aliphatic carbocycles. The summed E-state index contributed by atoms with van der Waals surface area (Å²) >= 11 is 0. The third-order valence-corrected chi connectivity index (χ3v) is 4.66. The first-order valence-corrected chi connectivity index (χ1v) is 8.92. The van der Waals surface area contributed by atoms with Crippen molar-refractivity contribution < 1.29 is 19.0 Å². The number of aliphatic hydroxyl groups is 1. The van der Waals surface area contributed by atoms with Gasteiger partial charge in [-0.25, -0.2) is 4.39 Å². The topological polar surface area (TPSA) is 75.8 Å². The van der Waals surface area contributed by atoms with Gasteiger partial charge in [0.25, 0.3) is 0 Å². The molecular formula is C21H23FN2O3. The summed E-state index contributed by atoms with van der Waals surface area (Å²) in [7, 11) is 0. The van der Waals surface area contributed by atoms with Gasteiger partial charge in [0, 0.05) is 25.1 Å². The van der Waals surface area contributed by atoms with E-state index in [-0.39, 0.29) is 5.82 Å². The van der Waals surface area contributed by atoms with Crippen molar-refractivity contribution in [2.75, 3.05) is 19.7 Å². The molecular weight excluding hydrogens is 347 g/mol. The van der Waals surface area contributed by atoms with Crippen LogP contribution in [0.15, 0.2) is 54.6 Å². The van der Waals surface area contributed by atoms with Crippen molar-refractivity contribution in [1.82, 2.24) is 4.90 Å². The van der Waals surface area contributed by atoms with Crippen molar-refractivity contribution in [3.05, 3.63) is 71.6 Å². The lowest BCUT2D eigenvalue weighted by Gasteiger charge is -2.30. The molecule has 0 bridgehead atoms. The van der Waals surface area contributed by atoms with E-state index in [9.17, 15) is 14.3 Å². The van der Waals surface area contributed by atoms with Crippen molar-refractivity contribution in [2.24, 2.45) is 5.73 Å². The lowest BCUT2D eigenvalue weighted by molar-refractivity contribution is -0.00385. The van der Waals surface area contributed by atoms with Gasteiger partial charge in [-0.3, -0.25) is 9.69 Å². The zero-order chi connectivity index (χ0) is 19.2. The van der Waals surface area contributed by atoms with Gasteiger partial charge in [0.1, 0.15) is 17.8 Å². The van der Waals surface area contributed by atoms with Crippen LogP contribution in [-0.2, 0) is 0 Å². The van der Waals surface area contributed by atoms with Crippen molar-refractivity contribution in [3.8, 4) is 5.75 Å². The molecule has 0 fully saturated rings. The van der Waals surface area contributed by atoms with Crippen molar-refractivity contribution in [3.63, 3.8) is 0 Å². The van der Waals surface area contributed by atoms with E-state index in [4.69, 9.17) is 10.5 Å². The fourth-order valence-corrected chi connectivity index (χ4v) is 3.06. The maximum Gasteiger partial charge on any atom is 0.248 e. The number of primary amides is 1. The lowest BCUT2D eigenvalue weighted by atomic mass is 9.99. The quantitative estimate of drug-likeness (QED) is 0.786. The Labute approximate surface area is 157 Å². The van der Waals surface area contributed by atoms with E-state index in [1.54, 1.807) is 36.4 Å². The molecule has 1 heterocycles. The molecule has 1 amide bonds. The first kappa shape index (κ1) is 19.1. The zero-order valence-electron chi connectivity index (χ0n) is 15.0. The molecule has 5 nitrogen and oxygen atoms in total. The molecule has 1 aliphatic heterocycles. The van der Waals surface area contributed by atoms with Gasteiger partial charge in [-0.1, -0.05) is 18.2 Å². The molecule has 2 aromatic rings. The molecule has 1 aliphatic rings. The van der Waals surface area contributed by atoms with Crippen LogP contribution in [0.25, 0.3) is 5.57 Å². The first-order valence-electron chi connectivity index (χ1n) is 8.92. The Balaban J connectivity index is 1.45. The van der Waals surface area contributed by atoms with Crippen LogP contribution in [0, 0.1) is 5.82 Å². The maximum absolute atomic E-state index is 13.0. The molecule has 0 unspecified atom stereocenters. The highest BCUT2D eigenvalue weighted by molar-refractivity contribution is 5.92. The van der Waals surface area contributed by atoms with E-state index in [0.717, 1.165) is 18.5 Å². The normalized spacial score (nSPS) is 15.9. The molecule has 3 N–H and O–H groups in total. The average Bonchev–Trinajstić information content (AvgIpc) is 2.69. The van der Waals surface area contributed by atoms with Gasteiger partial charge in [-0.15, -0.1) is 0 Å². The standard InChI is InChI=1S/C21H23FN2O3/c22-18-5-1-15(2-6-18)16-9-12-24(13-10-16)20(25)11-14-27-19-7-3-17(4-8-19)21(23)26/h1-9,20,25H,10-14H2,(H2,23,26)/t20-/m0/s1. The lowest BCUT2D eigenvalue weighted by Crippen LogP contribution is -2.39. The Morgan fingerprint density at radius 2 is 1.89 bits per heavy atom. The summed E-state index contributed by atoms with van der Waals surface area (Å²) in [5.74, 6) is -0.0871. The van der Waals surface area contributed by atoms with Gasteiger partial charge in [-0.05, 0) is 54.0 Å². The van der Waals surface area contributed by atoms with E-state index in [2.05, 4.69) is 6.08 Å². The van der Waals surface area contributed by atoms with Crippen LogP contribution in [0.2, 0.25) is 0 Å². The van der Waals surface area contributed by atoms with Gasteiger partial charge in [0.2, 0.25) is 5.91 Å². The smallest absolute Gasteiger partial charge is 0.248 e. The van der Waals surface area contributed by atoms with Gasteiger partial charge >= 0.3 is 0 Å². The van der Waals surface area contributed by atoms with E-state index < -0.39 is 12.1 Å². The number of benzene rings is 2. The maximum atomic E-state index is 13.0. The summed E-state index contributed by atoms with van der Waals surface area (Å²) in [6.07, 6.45) is 2.75. The van der Waals surface area contributed by atoms with Crippen molar-refractivity contribution in [1.29, 1.82) is 0 Å². The molecule has 27 heavy (non-hydrogen) atoms. The highest BCUT2D eigenvalue weighted by Gasteiger charge is 2.19. The second-order valence-electron chi connectivity index (χ2n) is 6.49. The second-order valence-corrected chi connectivity index (χ2v) is 6.49. The monoisotopic (exact) mass is 370 g/mol. The number of ether oxygens (including phenoxy) is 1. The van der Waals surface area contributed by atoms with E-state index in [1.165, 1.54) is 17.7 Å². The largest absolute Gasteiger partial charge is 0.493 e. The van der Waals surface area contributed by atoms with Crippen LogP contribution in [-0.4, -0.2) is 41.8 Å². The number of carbonyl (C=O) groups excluding carboxylic acids is 1. The van der Waals surface area contributed by atoms with E-state index in [1.807, 2.05) is 4.90 Å². The summed E-state index contributed by atoms with van der Waals surface area (Å²) in [5, 5.41) is 10.4. The minimum Gasteiger partial charge on any atom is -0.493 e. The second kappa shape index (κ2) is 8.79. The molecule has 2 aromatic carbocycles. The molecule has 1 atom stereocenters. The molecule has 0 saturated heterocycles. The summed E-state index contributed by atoms with van der Waals surface area (Å²) in [6.45, 7) is 1.74. The van der Waals surface area contributed by atoms with E-state index >= 15 is 0 Å². The number of hydrogen-bond donors (Lipinski definition) is 2. The molecule has 6 heteroatoms. The van der Waals surface area contributed by atoms with Gasteiger partial charge in [0.05, 0.1) is 6.61 Å². The SMILES string of the molecule is NC(=O)c1ccc(OCC[C@H](O)N2CC=C(c3ccc(F)cc3)CC2)cc1. The van der Waals surface area contributed by atoms with E-state index in [0.29, 0.717) is 30.9 Å². The van der Waals surface area contributed by atoms with Crippen LogP contribution >= 0.6 is 0 Å². The summed E-state index contributed by atoms with van der Waals surface area (Å²) < 4.78 is 18.6. The Morgan fingerprint density at radius 1 is 1.19 bits per heavy atom. The summed E-state index contributed by atoms with van der Waals surface area (Å²) in [6, 6.07) is 13.1. The average molecular weight is 370 g/mol. The number of nitrogens with zero attached hydrogens (tertiary/aromatic N) is 1. The number of carbonyl (C=O) groups is 1. The van der Waals surface area contributed by atoms with Crippen molar-refractivity contribution in [2.45, 2.75) is 19.1 Å². The van der Waals surface area contributed by atoms with Gasteiger partial charge in [0.15, 0.2) is 0 Å². The predicted molar refractivity (Wildman–Crippen MR) is 102 cm³/mol. The fourth-order valence-electron chi connectivity index (χ4n) is 3.06. The number of amides is 1. The zero-order valence-corrected chi connectivity index (χ0v) is 15.0. The van der Waals surface area contributed by atoms with Crippen LogP contribution in [0.5, 0.6) is 5.75 Å². The van der Waals surface area contributed by atoms with Crippen LogP contribution in [0.1, 0.15) is 28.8 Å². The van der Waals surface area contributed by atoms with Crippen LogP contribution in [0.3, 0.4) is 0 Å². The Hall–Kier alpha value is -2.70. The Bertz CT molecular complexity index is 803. The molecule has 142 valence electrons. The summed E-state index contributed by atoms with van der Waals surface area (Å²) in [4.78, 5) is 13.0. The molecule has 0 spiro atoms. The Kier molecular flexibility index (Phi) is 6.21. The number of aliphatic hydroxyl groups excluding tert-OH is 1.